The summed E-state index contributed by atoms with van der Waals surface area (Å²) in [4.78, 5) is 9.18. The van der Waals surface area contributed by atoms with E-state index >= 15 is 0 Å². The molecule has 0 amide bonds. The van der Waals surface area contributed by atoms with Gasteiger partial charge in [-0.05, 0) is 150 Å². The first-order chi connectivity index (χ1) is 69.8. The molecular weight excluding hydrogens is 1800 g/mol. The van der Waals surface area contributed by atoms with E-state index in [1.165, 1.54) is 46.1 Å². The van der Waals surface area contributed by atoms with Crippen LogP contribution in [0.3, 0.4) is 0 Å². The highest BCUT2D eigenvalue weighted by Gasteiger charge is 2.35. The van der Waals surface area contributed by atoms with Crippen LogP contribution in [0.5, 0.6) is 0 Å². The second kappa shape index (κ2) is 33.3. The Hall–Kier alpha value is -16.5. The lowest BCUT2D eigenvalue weighted by atomic mass is 9.86. The van der Waals surface area contributed by atoms with Crippen LogP contribution in [0.1, 0.15) is 111 Å². The normalized spacial score (nSPS) is 12.6. The van der Waals surface area contributed by atoms with Crippen LogP contribution in [0.15, 0.2) is 390 Å². The van der Waals surface area contributed by atoms with Crippen LogP contribution in [0.4, 0.5) is 77.0 Å². The minimum Gasteiger partial charge on any atom is -0.455 e. The summed E-state index contributed by atoms with van der Waals surface area (Å²) in [6.07, 6.45) is 0. The van der Waals surface area contributed by atoms with E-state index < -0.39 is 8.07 Å². The third-order valence-corrected chi connectivity index (χ3v) is 31.6. The van der Waals surface area contributed by atoms with Crippen molar-refractivity contribution in [3.63, 3.8) is 0 Å². The number of halogens is 2. The Kier molecular flexibility index (Phi) is 20.6. The zero-order valence-electron chi connectivity index (χ0n) is 84.1. The Labute approximate surface area is 840 Å². The van der Waals surface area contributed by atoms with Crippen molar-refractivity contribution >= 4 is 256 Å². The number of rotatable bonds is 13. The van der Waals surface area contributed by atoms with Gasteiger partial charge in [-0.1, -0.05) is 356 Å². The molecule has 145 heavy (non-hydrogen) atoms. The zero-order valence-corrected chi connectivity index (χ0v) is 85.1. The molecule has 710 valence electrons. The maximum atomic E-state index is 14.9. The van der Waals surface area contributed by atoms with Crippen LogP contribution >= 0.6 is 0 Å². The lowest BCUT2D eigenvalue weighted by molar-refractivity contribution is 0.572. The topological polar surface area (TPSA) is 91.8 Å². The van der Waals surface area contributed by atoms with E-state index in [1.54, 1.807) is 0 Å². The van der Waals surface area contributed by atoms with E-state index in [2.05, 4.69) is 420 Å². The van der Waals surface area contributed by atoms with E-state index in [1.807, 2.05) is 48.5 Å². The van der Waals surface area contributed by atoms with E-state index in [9.17, 15) is 8.78 Å². The molecule has 13 heteroatoms. The molecule has 0 N–H and O–H groups in total. The fourth-order valence-corrected chi connectivity index (χ4v) is 23.6. The standard InChI is InChI=1S/C68H60N2O3Si.C64H48F2N2O3/c1-41-31-33-42(34-32-41)69(57-29-17-25-51-49-23-15-27-55(67(2,3)4)63(49)72-65(51)57)59-39-53-54-40-60(46-20-12-14-22-48(46)62(54)71-61(53)47-21-13-11-19-45(47)59)70(43-35-37-44(38-36-43)74(8,9)10)58-30-18-26-52-50-24-16-28-56(68(5,6)7)64(50)73-66(52)58;1-63(2,3)51-23-11-19-45-47-21-13-25-53(61(47)70-59(45)51)67(39-31-27-37(65)28-32-39)55-35-49-50-36-56(42-16-8-10-18-44(42)58(50)69-57(49)43-17-9-7-15-41(43)55)68(40-33-29-38(66)30-34-40)54-26-14-22-48-46-20-12-24-52(64(4,5)6)60(46)71-62(48)54/h11-40H,1-10H3;7-36H,1-6H3. The Morgan fingerprint density at radius 2 is 0.372 bits per heavy atom. The van der Waals surface area contributed by atoms with E-state index in [4.69, 9.17) is 26.5 Å². The summed E-state index contributed by atoms with van der Waals surface area (Å²) in [5.41, 5.74) is 26.1. The SMILES string of the molecule is CC(C)(C)c1cccc2c1oc1c(N(c3ccc(F)cc3)c3cc4c5cc(N(c6ccc(F)cc6)c6cccc7c6oc6c(C(C)(C)C)cccc67)c6ccccc6c5oc4c4ccccc34)cccc12.Cc1ccc(N(c2cc3c4cc(N(c5ccc([Si](C)(C)C)cc5)c5cccc6c5oc5c(C(C)(C)C)cccc56)c5ccccc5c4oc3c3ccccc23)c2cccc3c2oc2c(C(C)(C)C)cccc23)cc1. The predicted octanol–water partition coefficient (Wildman–Crippen LogP) is 39.6. The van der Waals surface area contributed by atoms with Gasteiger partial charge < -0.3 is 46.1 Å². The maximum absolute atomic E-state index is 14.9. The quantitative estimate of drug-likeness (QED) is 0.104. The van der Waals surface area contributed by atoms with Gasteiger partial charge in [0.05, 0.1) is 53.6 Å². The van der Waals surface area contributed by atoms with Crippen molar-refractivity contribution in [2.45, 2.75) is 131 Å². The molecule has 26 rings (SSSR count). The van der Waals surface area contributed by atoms with Gasteiger partial charge in [0, 0.05) is 153 Å². The van der Waals surface area contributed by atoms with Crippen molar-refractivity contribution < 1.29 is 35.3 Å². The molecule has 6 heterocycles. The van der Waals surface area contributed by atoms with Gasteiger partial charge in [0.25, 0.3) is 0 Å². The fourth-order valence-electron chi connectivity index (χ4n) is 22.4. The first-order valence-corrected chi connectivity index (χ1v) is 53.6. The number of fused-ring (bicyclic) bond motifs is 26. The van der Waals surface area contributed by atoms with Crippen LogP contribution in [0, 0.1) is 18.6 Å². The van der Waals surface area contributed by atoms with Crippen molar-refractivity contribution in [2.75, 3.05) is 19.6 Å². The van der Waals surface area contributed by atoms with Crippen LogP contribution in [0.25, 0.3) is 175 Å². The van der Waals surface area contributed by atoms with Gasteiger partial charge >= 0.3 is 0 Å². The minimum absolute atomic E-state index is 0.113. The average molecular weight is 1910 g/mol. The Morgan fingerprint density at radius 3 is 0.600 bits per heavy atom. The number of aryl methyl sites for hydroxylation is 1. The molecule has 10 nitrogen and oxygen atoms in total. The highest BCUT2D eigenvalue weighted by molar-refractivity contribution is 6.88. The molecule has 0 aliphatic carbocycles. The summed E-state index contributed by atoms with van der Waals surface area (Å²) in [5.74, 6) is -0.658. The molecular formula is C132H108F2N4O6Si. The molecule has 0 saturated heterocycles. The van der Waals surface area contributed by atoms with Crippen LogP contribution in [-0.4, -0.2) is 8.07 Å². The molecule has 0 aliphatic rings. The number of benzene rings is 20. The molecule has 0 spiro atoms. The largest absolute Gasteiger partial charge is 0.455 e. The first-order valence-electron chi connectivity index (χ1n) is 50.1. The second-order valence-electron chi connectivity index (χ2n) is 44.2. The molecule has 6 aromatic heterocycles. The monoisotopic (exact) mass is 1910 g/mol. The van der Waals surface area contributed by atoms with Crippen LogP contribution < -0.4 is 24.8 Å². The second-order valence-corrected chi connectivity index (χ2v) is 49.2. The summed E-state index contributed by atoms with van der Waals surface area (Å²) in [6, 6.07) is 126. The van der Waals surface area contributed by atoms with Gasteiger partial charge in [-0.25, -0.2) is 8.78 Å². The Morgan fingerprint density at radius 1 is 0.186 bits per heavy atom. The highest BCUT2D eigenvalue weighted by atomic mass is 28.3. The van der Waals surface area contributed by atoms with E-state index in [0.717, 1.165) is 254 Å². The Balaban J connectivity index is 0.000000152. The van der Waals surface area contributed by atoms with Gasteiger partial charge in [-0.2, -0.15) is 0 Å². The summed E-state index contributed by atoms with van der Waals surface area (Å²) in [6.45, 7) is 36.1. The third-order valence-electron chi connectivity index (χ3n) is 29.5. The predicted molar refractivity (Wildman–Crippen MR) is 608 cm³/mol. The molecule has 20 aromatic carbocycles. The lowest BCUT2D eigenvalue weighted by Gasteiger charge is -2.28. The van der Waals surface area contributed by atoms with Crippen molar-refractivity contribution in [3.05, 3.63) is 403 Å². The lowest BCUT2D eigenvalue weighted by Crippen LogP contribution is -2.37. The summed E-state index contributed by atoms with van der Waals surface area (Å²) >= 11 is 0. The van der Waals surface area contributed by atoms with Crippen molar-refractivity contribution in [2.24, 2.45) is 0 Å². The van der Waals surface area contributed by atoms with Crippen molar-refractivity contribution in [3.8, 4) is 0 Å². The molecule has 26 aromatic rings. The van der Waals surface area contributed by atoms with Crippen molar-refractivity contribution in [1.82, 2.24) is 0 Å². The number of hydrogen-bond donors (Lipinski definition) is 0. The molecule has 0 saturated carbocycles. The highest BCUT2D eigenvalue weighted by Crippen LogP contribution is 2.57. The molecule has 0 unspecified atom stereocenters. The Bertz CT molecular complexity index is 9510. The van der Waals surface area contributed by atoms with Gasteiger partial charge in [0.1, 0.15) is 56.3 Å². The number of hydrogen-bond acceptors (Lipinski definition) is 10. The zero-order chi connectivity index (χ0) is 99.5. The number of furan rings is 6. The molecule has 0 bridgehead atoms. The first kappa shape index (κ1) is 89.8. The van der Waals surface area contributed by atoms with Gasteiger partial charge in [0.2, 0.25) is 0 Å². The third kappa shape index (κ3) is 14.7. The fraction of sp³-hybridized carbons (Fsp3) is 0.152. The molecule has 0 radical (unpaired) electrons. The molecule has 0 atom stereocenters. The summed E-state index contributed by atoms with van der Waals surface area (Å²) in [5, 5.41) is 21.6. The van der Waals surface area contributed by atoms with Crippen LogP contribution in [-0.2, 0) is 21.7 Å². The van der Waals surface area contributed by atoms with Gasteiger partial charge in [-0.3, -0.25) is 0 Å². The van der Waals surface area contributed by atoms with E-state index in [-0.39, 0.29) is 33.3 Å². The maximum Gasteiger partial charge on any atom is 0.159 e. The molecule has 0 fully saturated rings. The number of para-hydroxylation sites is 8. The van der Waals surface area contributed by atoms with Crippen molar-refractivity contribution in [1.29, 1.82) is 0 Å². The summed E-state index contributed by atoms with van der Waals surface area (Å²) < 4.78 is 72.6. The number of nitrogens with zero attached hydrogens (tertiary/aromatic N) is 4. The van der Waals surface area contributed by atoms with E-state index in [0.29, 0.717) is 0 Å². The molecule has 0 aliphatic heterocycles. The van der Waals surface area contributed by atoms with Crippen LogP contribution in [0.2, 0.25) is 19.6 Å². The van der Waals surface area contributed by atoms with Gasteiger partial charge in [0.15, 0.2) is 22.3 Å². The number of anilines is 12. The average Bonchev–Trinajstić information content (AvgIpc) is 1.48. The minimum atomic E-state index is -1.62. The summed E-state index contributed by atoms with van der Waals surface area (Å²) in [7, 11) is -1.62. The smallest absolute Gasteiger partial charge is 0.159 e. The van der Waals surface area contributed by atoms with Gasteiger partial charge in [-0.15, -0.1) is 0 Å².